The molecule has 5 nitrogen and oxygen atoms in total. The zero-order valence-corrected chi connectivity index (χ0v) is 32.0. The first-order chi connectivity index (χ1) is 28.1. The number of aliphatic carboxylic acids is 1. The maximum atomic E-state index is 12.2. The van der Waals surface area contributed by atoms with E-state index in [-0.39, 0.29) is 5.57 Å². The van der Waals surface area contributed by atoms with Crippen molar-refractivity contribution in [1.82, 2.24) is 0 Å². The Morgan fingerprint density at radius 3 is 1.44 bits per heavy atom. The van der Waals surface area contributed by atoms with Gasteiger partial charge in [-0.1, -0.05) is 91.0 Å². The smallest absolute Gasteiger partial charge is 0.346 e. The number of anilines is 6. The summed E-state index contributed by atoms with van der Waals surface area (Å²) in [6.07, 6.45) is 1.49. The summed E-state index contributed by atoms with van der Waals surface area (Å²) in [7, 11) is 0. The minimum atomic E-state index is -1.27. The van der Waals surface area contributed by atoms with Gasteiger partial charge in [-0.05, 0) is 124 Å². The number of rotatable bonds is 8. The topological polar surface area (TPSA) is 67.6 Å². The fourth-order valence-corrected chi connectivity index (χ4v) is 9.03. The molecule has 0 fully saturated rings. The molecule has 1 N–H and O–H groups in total. The van der Waals surface area contributed by atoms with Crippen LogP contribution in [0.1, 0.15) is 14.6 Å². The van der Waals surface area contributed by atoms with E-state index in [9.17, 15) is 15.2 Å². The molecule has 0 aliphatic carbocycles. The molecule has 0 amide bonds. The molecule has 7 heteroatoms. The van der Waals surface area contributed by atoms with Crippen molar-refractivity contribution in [2.24, 2.45) is 0 Å². The van der Waals surface area contributed by atoms with Crippen molar-refractivity contribution in [1.29, 1.82) is 5.26 Å². The van der Waals surface area contributed by atoms with Gasteiger partial charge < -0.3 is 14.9 Å². The van der Waals surface area contributed by atoms with Crippen molar-refractivity contribution in [2.75, 3.05) is 9.80 Å². The third-order valence-corrected chi connectivity index (χ3v) is 11.6. The van der Waals surface area contributed by atoms with Crippen LogP contribution in [0.15, 0.2) is 181 Å². The van der Waals surface area contributed by atoms with E-state index < -0.39 is 5.97 Å². The van der Waals surface area contributed by atoms with Crippen molar-refractivity contribution >= 4 is 101 Å². The van der Waals surface area contributed by atoms with Crippen LogP contribution in [0.5, 0.6) is 0 Å². The van der Waals surface area contributed by atoms with Gasteiger partial charge in [0.15, 0.2) is 0 Å². The van der Waals surface area contributed by atoms with E-state index in [4.69, 9.17) is 0 Å². The molecule has 0 saturated heterocycles. The number of thiophene rings is 2. The first kappa shape index (κ1) is 35.3. The van der Waals surface area contributed by atoms with Gasteiger partial charge in [0.2, 0.25) is 0 Å². The lowest BCUT2D eigenvalue weighted by Gasteiger charge is -2.27. The van der Waals surface area contributed by atoms with Crippen LogP contribution < -0.4 is 9.80 Å². The van der Waals surface area contributed by atoms with Gasteiger partial charge in [0.05, 0.1) is 9.75 Å². The standard InChI is InChI=1S/C50H31N3O2S2/c51-33-34(50(54)55)30-47-49-43-27-24-40(53(37-18-9-3-10-19-37)38-20-11-4-12-21-38)32-45(43)44-31-39(52(35-14-5-1-6-15-35)36-16-7-2-8-17-36)23-26-42(44)48(49)46(57-47)28-25-41-22-13-29-56-41/h1-24,26-27,29-32H,(H,54,55)/b34-30-. The molecular weight excluding hydrogens is 739 g/mol. The van der Waals surface area contributed by atoms with Gasteiger partial charge >= 0.3 is 5.97 Å². The Morgan fingerprint density at radius 1 is 0.544 bits per heavy atom. The Bertz CT molecular complexity index is 2970. The second kappa shape index (κ2) is 15.4. The predicted molar refractivity (Wildman–Crippen MR) is 238 cm³/mol. The summed E-state index contributed by atoms with van der Waals surface area (Å²) in [5.41, 5.74) is 5.68. The quantitative estimate of drug-likeness (QED) is 0.0721. The summed E-state index contributed by atoms with van der Waals surface area (Å²) in [5.74, 6) is 5.52. The normalized spacial score (nSPS) is 11.2. The second-order valence-corrected chi connectivity index (χ2v) is 15.2. The van der Waals surface area contributed by atoms with Crippen molar-refractivity contribution in [3.63, 3.8) is 0 Å². The minimum absolute atomic E-state index is 0.336. The van der Waals surface area contributed by atoms with Crippen LogP contribution in [-0.2, 0) is 4.79 Å². The van der Waals surface area contributed by atoms with Gasteiger partial charge in [0.25, 0.3) is 0 Å². The number of nitriles is 1. The third-order valence-electron chi connectivity index (χ3n) is 9.79. The summed E-state index contributed by atoms with van der Waals surface area (Å²) >= 11 is 2.98. The first-order valence-corrected chi connectivity index (χ1v) is 19.9. The van der Waals surface area contributed by atoms with Gasteiger partial charge in [-0.25, -0.2) is 4.79 Å². The Labute approximate surface area is 337 Å². The monoisotopic (exact) mass is 769 g/mol. The van der Waals surface area contributed by atoms with E-state index in [2.05, 4.69) is 107 Å². The average Bonchev–Trinajstić information content (AvgIpc) is 3.92. The molecule has 9 aromatic rings. The van der Waals surface area contributed by atoms with Crippen LogP contribution in [0.3, 0.4) is 0 Å². The first-order valence-electron chi connectivity index (χ1n) is 18.2. The van der Waals surface area contributed by atoms with E-state index in [0.717, 1.165) is 76.2 Å². The molecule has 0 bridgehead atoms. The molecule has 0 spiro atoms. The highest BCUT2D eigenvalue weighted by Crippen LogP contribution is 2.47. The molecule has 0 aliphatic rings. The fourth-order valence-electron chi connectivity index (χ4n) is 7.33. The van der Waals surface area contributed by atoms with Crippen LogP contribution in [-0.4, -0.2) is 11.1 Å². The highest BCUT2D eigenvalue weighted by Gasteiger charge is 2.22. The van der Waals surface area contributed by atoms with E-state index in [1.165, 1.54) is 17.4 Å². The van der Waals surface area contributed by atoms with Gasteiger partial charge in [-0.2, -0.15) is 5.26 Å². The predicted octanol–water partition coefficient (Wildman–Crippen LogP) is 13.6. The fraction of sp³-hybridized carbons (Fsp3) is 0. The lowest BCUT2D eigenvalue weighted by molar-refractivity contribution is -0.132. The van der Waals surface area contributed by atoms with Crippen LogP contribution in [0.4, 0.5) is 34.1 Å². The number of hydrogen-bond acceptors (Lipinski definition) is 6. The van der Waals surface area contributed by atoms with Crippen molar-refractivity contribution in [2.45, 2.75) is 0 Å². The minimum Gasteiger partial charge on any atom is -0.477 e. The maximum absolute atomic E-state index is 12.2. The molecule has 0 atom stereocenters. The molecule has 0 saturated carbocycles. The van der Waals surface area contributed by atoms with Gasteiger partial charge in [0.1, 0.15) is 11.6 Å². The van der Waals surface area contributed by atoms with E-state index in [0.29, 0.717) is 4.88 Å². The lowest BCUT2D eigenvalue weighted by Crippen LogP contribution is -2.10. The van der Waals surface area contributed by atoms with Crippen LogP contribution >= 0.6 is 22.7 Å². The van der Waals surface area contributed by atoms with Crippen molar-refractivity contribution < 1.29 is 9.90 Å². The molecule has 0 unspecified atom stereocenters. The molecule has 0 radical (unpaired) electrons. The largest absolute Gasteiger partial charge is 0.477 e. The average molecular weight is 770 g/mol. The molecule has 2 aromatic heterocycles. The number of carboxylic acid groups (broad SMARTS) is 1. The zero-order valence-electron chi connectivity index (χ0n) is 30.3. The summed E-state index contributed by atoms with van der Waals surface area (Å²) in [4.78, 5) is 19.1. The van der Waals surface area contributed by atoms with Gasteiger partial charge in [-0.15, -0.1) is 22.7 Å². The van der Waals surface area contributed by atoms with Crippen molar-refractivity contribution in [3.8, 4) is 17.9 Å². The number of carbonyl (C=O) groups is 1. The molecule has 2 heterocycles. The number of fused-ring (bicyclic) bond motifs is 6. The third kappa shape index (κ3) is 6.79. The number of carboxylic acids is 1. The van der Waals surface area contributed by atoms with E-state index >= 15 is 0 Å². The number of para-hydroxylation sites is 4. The lowest BCUT2D eigenvalue weighted by atomic mass is 9.93. The van der Waals surface area contributed by atoms with E-state index in [1.54, 1.807) is 11.3 Å². The molecular formula is C50H31N3O2S2. The summed E-state index contributed by atoms with van der Waals surface area (Å²) in [6.45, 7) is 0. The Balaban J connectivity index is 1.40. The van der Waals surface area contributed by atoms with Gasteiger partial charge in [-0.3, -0.25) is 0 Å². The molecule has 270 valence electrons. The summed E-state index contributed by atoms with van der Waals surface area (Å²) in [6, 6.07) is 60.1. The van der Waals surface area contributed by atoms with Crippen LogP contribution in [0.25, 0.3) is 38.4 Å². The highest BCUT2D eigenvalue weighted by atomic mass is 32.1. The molecule has 57 heavy (non-hydrogen) atoms. The Hall–Kier alpha value is -7.42. The molecule has 9 rings (SSSR count). The number of nitrogens with zero attached hydrogens (tertiary/aromatic N) is 3. The van der Waals surface area contributed by atoms with Crippen LogP contribution in [0, 0.1) is 23.2 Å². The van der Waals surface area contributed by atoms with Crippen molar-refractivity contribution in [3.05, 3.63) is 195 Å². The molecule has 7 aromatic carbocycles. The molecule has 0 aliphatic heterocycles. The Morgan fingerprint density at radius 2 is 1.02 bits per heavy atom. The zero-order chi connectivity index (χ0) is 38.7. The maximum Gasteiger partial charge on any atom is 0.346 e. The summed E-state index contributed by atoms with van der Waals surface area (Å²) in [5, 5.41) is 27.6. The number of benzene rings is 7. The number of hydrogen-bond donors (Lipinski definition) is 1. The van der Waals surface area contributed by atoms with Crippen LogP contribution in [0.2, 0.25) is 0 Å². The highest BCUT2D eigenvalue weighted by molar-refractivity contribution is 7.15. The second-order valence-electron chi connectivity index (χ2n) is 13.2. The van der Waals surface area contributed by atoms with E-state index in [1.807, 2.05) is 96.4 Å². The van der Waals surface area contributed by atoms with Gasteiger partial charge in [0, 0.05) is 49.8 Å². The Kier molecular flexibility index (Phi) is 9.52. The SMILES string of the molecule is N#C/C(=C/c1sc(C#Cc2cccs2)c2c3ccc(N(c4ccccc4)c4ccccc4)cc3c3cc(N(c4ccccc4)c4ccccc4)ccc3c12)C(=O)O. The summed E-state index contributed by atoms with van der Waals surface area (Å²) < 4.78 is 0.